The summed E-state index contributed by atoms with van der Waals surface area (Å²) in [6.45, 7) is 6.53. The number of carbonyl (C=O) groups is 3. The second-order valence-electron chi connectivity index (χ2n) is 20.2. The van der Waals surface area contributed by atoms with E-state index in [0.717, 1.165) is 109 Å². The van der Waals surface area contributed by atoms with E-state index in [2.05, 4.69) is 106 Å². The molecule has 0 aromatic carbocycles. The summed E-state index contributed by atoms with van der Waals surface area (Å²) in [5.74, 6) is -0.878. The van der Waals surface area contributed by atoms with Gasteiger partial charge >= 0.3 is 17.9 Å². The van der Waals surface area contributed by atoms with Gasteiger partial charge in [-0.25, -0.2) is 0 Å². The normalized spacial score (nSPS) is 12.7. The lowest BCUT2D eigenvalue weighted by atomic mass is 10.0. The van der Waals surface area contributed by atoms with E-state index in [-0.39, 0.29) is 31.1 Å². The van der Waals surface area contributed by atoms with E-state index in [1.807, 2.05) is 0 Å². The molecule has 0 aliphatic heterocycles. The maximum atomic E-state index is 12.8. The molecule has 0 rings (SSSR count). The number of unbranched alkanes of at least 4 members (excludes halogenated alkanes) is 30. The molecule has 0 aromatic rings. The molecule has 0 fully saturated rings. The van der Waals surface area contributed by atoms with Crippen molar-refractivity contribution in [3.8, 4) is 0 Å². The second-order valence-corrected chi connectivity index (χ2v) is 20.2. The number of allylic oxidation sites excluding steroid dienone is 14. The van der Waals surface area contributed by atoms with Gasteiger partial charge in [0.25, 0.3) is 0 Å². The van der Waals surface area contributed by atoms with Crippen molar-refractivity contribution in [2.45, 2.75) is 303 Å². The highest BCUT2D eigenvalue weighted by atomic mass is 16.6. The lowest BCUT2D eigenvalue weighted by Gasteiger charge is -2.18. The monoisotopic (exact) mass is 1000 g/mol. The minimum atomic E-state index is -0.777. The summed E-state index contributed by atoms with van der Waals surface area (Å²) in [4.78, 5) is 38.1. The van der Waals surface area contributed by atoms with Crippen LogP contribution in [0.1, 0.15) is 297 Å². The average Bonchev–Trinajstić information content (AvgIpc) is 3.38. The minimum absolute atomic E-state index is 0.0757. The first kappa shape index (κ1) is 68.6. The average molecular weight is 1000 g/mol. The van der Waals surface area contributed by atoms with Gasteiger partial charge in [-0.1, -0.05) is 286 Å². The summed E-state index contributed by atoms with van der Waals surface area (Å²) in [5.41, 5.74) is 0. The van der Waals surface area contributed by atoms with Gasteiger partial charge < -0.3 is 14.2 Å². The van der Waals surface area contributed by atoms with Crippen molar-refractivity contribution in [3.05, 3.63) is 85.1 Å². The molecule has 1 unspecified atom stereocenters. The van der Waals surface area contributed by atoms with E-state index in [4.69, 9.17) is 14.2 Å². The molecule has 0 aliphatic carbocycles. The van der Waals surface area contributed by atoms with Crippen LogP contribution >= 0.6 is 0 Å². The summed E-state index contributed by atoms with van der Waals surface area (Å²) >= 11 is 0. The van der Waals surface area contributed by atoms with E-state index in [0.29, 0.717) is 19.3 Å². The van der Waals surface area contributed by atoms with E-state index in [1.54, 1.807) is 0 Å². The number of rotatable bonds is 55. The number of hydrogen-bond donors (Lipinski definition) is 0. The van der Waals surface area contributed by atoms with E-state index in [1.165, 1.54) is 148 Å². The third-order valence-corrected chi connectivity index (χ3v) is 13.2. The Kier molecular flexibility index (Phi) is 57.3. The molecule has 0 saturated carbocycles. The highest BCUT2D eigenvalue weighted by Gasteiger charge is 2.19. The largest absolute Gasteiger partial charge is 0.462 e. The fraction of sp³-hybridized carbons (Fsp3) is 0.742. The molecule has 0 aromatic heterocycles. The standard InChI is InChI=1S/C66H114O6/c1-4-7-10-13-16-19-22-24-26-27-28-29-30-31-32-33-34-35-36-37-38-39-41-42-44-47-50-53-56-59-65(68)71-62-63(61-70-64(67)58-55-52-49-46-21-18-15-12-9-6-3)72-66(69)60-57-54-51-48-45-43-40-25-23-20-17-14-11-8-5-2/h7,10,16,19,24,26,28-29,31-32,34-35,37-38,63H,4-6,8-9,11-15,17-18,20-23,25,27,30,33,36,39-62H2,1-3H3/b10-7-,19-16-,26-24-,29-28-,32-31-,35-34-,38-37-. The van der Waals surface area contributed by atoms with Crippen LogP contribution in [0, 0.1) is 0 Å². The van der Waals surface area contributed by atoms with Crippen LogP contribution in [0.15, 0.2) is 85.1 Å². The van der Waals surface area contributed by atoms with Gasteiger partial charge in [0.15, 0.2) is 6.10 Å². The Morgan fingerprint density at radius 3 is 0.847 bits per heavy atom. The lowest BCUT2D eigenvalue weighted by molar-refractivity contribution is -0.167. The fourth-order valence-electron chi connectivity index (χ4n) is 8.60. The SMILES string of the molecule is CC/C=C\C/C=C\C/C=C\C/C=C\C/C=C\C/C=C\C/C=C\CCCCCCCCCC(=O)OCC(COC(=O)CCCCCCCCCCCC)OC(=O)CCCCCCCCCCCCCCCCC. The lowest BCUT2D eigenvalue weighted by Crippen LogP contribution is -2.30. The predicted octanol–water partition coefficient (Wildman–Crippen LogP) is 20.7. The van der Waals surface area contributed by atoms with Gasteiger partial charge in [-0.15, -0.1) is 0 Å². The third kappa shape index (κ3) is 57.5. The Morgan fingerprint density at radius 2 is 0.542 bits per heavy atom. The number of hydrogen-bond acceptors (Lipinski definition) is 6. The molecule has 0 amide bonds. The summed E-state index contributed by atoms with van der Waals surface area (Å²) < 4.78 is 16.9. The van der Waals surface area contributed by atoms with Crippen LogP contribution in [-0.4, -0.2) is 37.2 Å². The molecule has 0 radical (unpaired) electrons. The van der Waals surface area contributed by atoms with Crippen molar-refractivity contribution < 1.29 is 28.6 Å². The van der Waals surface area contributed by atoms with Crippen molar-refractivity contribution in [1.82, 2.24) is 0 Å². The quantitative estimate of drug-likeness (QED) is 0.0261. The van der Waals surface area contributed by atoms with Crippen LogP contribution in [0.4, 0.5) is 0 Å². The summed E-state index contributed by atoms with van der Waals surface area (Å²) in [5, 5.41) is 0. The summed E-state index contributed by atoms with van der Waals surface area (Å²) in [7, 11) is 0. The molecule has 6 heteroatoms. The molecule has 414 valence electrons. The highest BCUT2D eigenvalue weighted by Crippen LogP contribution is 2.16. The van der Waals surface area contributed by atoms with Crippen LogP contribution < -0.4 is 0 Å². The highest BCUT2D eigenvalue weighted by molar-refractivity contribution is 5.71. The van der Waals surface area contributed by atoms with Crippen LogP contribution in [0.25, 0.3) is 0 Å². The zero-order chi connectivity index (χ0) is 52.2. The molecule has 1 atom stereocenters. The Morgan fingerprint density at radius 1 is 0.292 bits per heavy atom. The molecule has 0 N–H and O–H groups in total. The Hall–Kier alpha value is -3.41. The smallest absolute Gasteiger partial charge is 0.306 e. The van der Waals surface area contributed by atoms with Gasteiger partial charge in [-0.3, -0.25) is 14.4 Å². The molecular formula is C66H114O6. The van der Waals surface area contributed by atoms with Crippen LogP contribution in [0.3, 0.4) is 0 Å². The van der Waals surface area contributed by atoms with Gasteiger partial charge in [0.1, 0.15) is 13.2 Å². The summed E-state index contributed by atoms with van der Waals surface area (Å²) in [6.07, 6.45) is 78.7. The molecule has 0 heterocycles. The molecule has 72 heavy (non-hydrogen) atoms. The van der Waals surface area contributed by atoms with Gasteiger partial charge in [0, 0.05) is 19.3 Å². The zero-order valence-corrected chi connectivity index (χ0v) is 47.4. The van der Waals surface area contributed by atoms with Crippen LogP contribution in [0.2, 0.25) is 0 Å². The number of ether oxygens (including phenoxy) is 3. The molecular weight excluding hydrogens is 889 g/mol. The Labute approximate surface area is 445 Å². The van der Waals surface area contributed by atoms with Gasteiger partial charge in [-0.2, -0.15) is 0 Å². The van der Waals surface area contributed by atoms with Gasteiger partial charge in [0.05, 0.1) is 0 Å². The first-order chi connectivity index (χ1) is 35.5. The zero-order valence-electron chi connectivity index (χ0n) is 47.4. The molecule has 0 aliphatic rings. The van der Waals surface area contributed by atoms with Crippen LogP contribution in [0.5, 0.6) is 0 Å². The Balaban J connectivity index is 4.24. The van der Waals surface area contributed by atoms with Crippen molar-refractivity contribution in [1.29, 1.82) is 0 Å². The molecule has 6 nitrogen and oxygen atoms in total. The van der Waals surface area contributed by atoms with E-state index >= 15 is 0 Å². The fourth-order valence-corrected chi connectivity index (χ4v) is 8.60. The second kappa shape index (κ2) is 60.1. The van der Waals surface area contributed by atoms with Crippen molar-refractivity contribution >= 4 is 17.9 Å². The Bertz CT molecular complexity index is 1380. The topological polar surface area (TPSA) is 78.9 Å². The van der Waals surface area contributed by atoms with Crippen LogP contribution in [-0.2, 0) is 28.6 Å². The maximum Gasteiger partial charge on any atom is 0.306 e. The molecule has 0 saturated heterocycles. The van der Waals surface area contributed by atoms with E-state index in [9.17, 15) is 14.4 Å². The van der Waals surface area contributed by atoms with Crippen molar-refractivity contribution in [2.75, 3.05) is 13.2 Å². The van der Waals surface area contributed by atoms with Crippen molar-refractivity contribution in [2.24, 2.45) is 0 Å². The number of esters is 3. The molecule has 0 bridgehead atoms. The third-order valence-electron chi connectivity index (χ3n) is 13.2. The number of carbonyl (C=O) groups excluding carboxylic acids is 3. The van der Waals surface area contributed by atoms with E-state index < -0.39 is 6.10 Å². The predicted molar refractivity (Wildman–Crippen MR) is 311 cm³/mol. The first-order valence-corrected chi connectivity index (χ1v) is 30.6. The maximum absolute atomic E-state index is 12.8. The van der Waals surface area contributed by atoms with Gasteiger partial charge in [0.2, 0.25) is 0 Å². The first-order valence-electron chi connectivity index (χ1n) is 30.6. The van der Waals surface area contributed by atoms with Crippen molar-refractivity contribution in [3.63, 3.8) is 0 Å². The minimum Gasteiger partial charge on any atom is -0.462 e. The molecule has 0 spiro atoms. The van der Waals surface area contributed by atoms with Gasteiger partial charge in [-0.05, 0) is 77.0 Å². The summed E-state index contributed by atoms with van der Waals surface area (Å²) in [6, 6.07) is 0.